The fraction of sp³-hybridized carbons (Fsp3) is 0.278. The number of carbonyl (C=O) groups excluding carboxylic acids is 2. The minimum Gasteiger partial charge on any atom is -0.352 e. The number of hydrogen-bond donors (Lipinski definition) is 1. The van der Waals surface area contributed by atoms with Crippen LogP contribution in [0.25, 0.3) is 0 Å². The number of rotatable bonds is 12. The average molecular weight is 644 g/mol. The summed E-state index contributed by atoms with van der Waals surface area (Å²) in [6, 6.07) is 31.0. The van der Waals surface area contributed by atoms with Crippen LogP contribution in [0.2, 0.25) is 5.02 Å². The fourth-order valence-corrected chi connectivity index (χ4v) is 7.54. The molecule has 1 fully saturated rings. The van der Waals surface area contributed by atoms with E-state index in [0.29, 0.717) is 16.3 Å². The first-order valence-corrected chi connectivity index (χ1v) is 17.1. The molecule has 5 rings (SSSR count). The molecule has 0 saturated heterocycles. The van der Waals surface area contributed by atoms with Crippen LogP contribution in [0.4, 0.5) is 5.69 Å². The third kappa shape index (κ3) is 8.12. The van der Waals surface area contributed by atoms with Gasteiger partial charge in [0.2, 0.25) is 11.8 Å². The summed E-state index contributed by atoms with van der Waals surface area (Å²) in [4.78, 5) is 30.2. The largest absolute Gasteiger partial charge is 0.352 e. The number of benzene rings is 4. The van der Waals surface area contributed by atoms with Crippen molar-refractivity contribution in [1.82, 2.24) is 10.2 Å². The molecule has 0 unspecified atom stereocenters. The van der Waals surface area contributed by atoms with Gasteiger partial charge in [0.05, 0.1) is 10.6 Å². The molecule has 0 aliphatic heterocycles. The molecule has 45 heavy (non-hydrogen) atoms. The standard InChI is InChI=1S/C36H38ClN3O4S/c1-27-13-8-11-22-33(27)40(45(43,44)32-20-6-3-7-21-32)26-35(41)39(25-29-16-12-17-30(37)23-29)34(24-28-14-4-2-5-15-28)36(42)38-31-18-9-10-19-31/h2-8,11-17,20-23,31,34H,9-10,18-19,24-26H2,1H3,(H,38,42)/t34-/m0/s1. The number of nitrogens with zero attached hydrogens (tertiary/aromatic N) is 2. The van der Waals surface area contributed by atoms with Gasteiger partial charge in [-0.25, -0.2) is 8.42 Å². The van der Waals surface area contributed by atoms with Gasteiger partial charge >= 0.3 is 0 Å². The van der Waals surface area contributed by atoms with Crippen molar-refractivity contribution in [3.05, 3.63) is 131 Å². The van der Waals surface area contributed by atoms with E-state index in [-0.39, 0.29) is 29.8 Å². The van der Waals surface area contributed by atoms with E-state index in [1.165, 1.54) is 17.0 Å². The van der Waals surface area contributed by atoms with Crippen molar-refractivity contribution in [2.75, 3.05) is 10.8 Å². The highest BCUT2D eigenvalue weighted by Gasteiger charge is 2.35. The number of nitrogens with one attached hydrogen (secondary N) is 1. The molecule has 7 nitrogen and oxygen atoms in total. The van der Waals surface area contributed by atoms with Gasteiger partial charge in [-0.2, -0.15) is 0 Å². The maximum Gasteiger partial charge on any atom is 0.264 e. The molecule has 0 spiro atoms. The zero-order valence-electron chi connectivity index (χ0n) is 25.3. The van der Waals surface area contributed by atoms with Gasteiger partial charge in [0.1, 0.15) is 12.6 Å². The summed E-state index contributed by atoms with van der Waals surface area (Å²) < 4.78 is 29.4. The van der Waals surface area contributed by atoms with Crippen molar-refractivity contribution in [2.45, 2.75) is 62.6 Å². The number of halogens is 1. The third-order valence-corrected chi connectivity index (χ3v) is 10.2. The van der Waals surface area contributed by atoms with E-state index in [0.717, 1.165) is 41.1 Å². The summed E-state index contributed by atoms with van der Waals surface area (Å²) >= 11 is 6.33. The lowest BCUT2D eigenvalue weighted by molar-refractivity contribution is -0.140. The summed E-state index contributed by atoms with van der Waals surface area (Å²) in [5.41, 5.74) is 2.72. The number of sulfonamides is 1. The fourth-order valence-electron chi connectivity index (χ4n) is 5.83. The van der Waals surface area contributed by atoms with E-state index >= 15 is 0 Å². The molecule has 1 N–H and O–H groups in total. The lowest BCUT2D eigenvalue weighted by Gasteiger charge is -2.34. The second kappa shape index (κ2) is 14.8. The smallest absolute Gasteiger partial charge is 0.264 e. The molecule has 1 atom stereocenters. The van der Waals surface area contributed by atoms with Crippen molar-refractivity contribution in [3.8, 4) is 0 Å². The predicted octanol–water partition coefficient (Wildman–Crippen LogP) is 6.54. The molecule has 234 valence electrons. The Hall–Kier alpha value is -4.14. The Balaban J connectivity index is 1.57. The Morgan fingerprint density at radius 3 is 2.13 bits per heavy atom. The molecule has 0 radical (unpaired) electrons. The monoisotopic (exact) mass is 643 g/mol. The highest BCUT2D eigenvalue weighted by atomic mass is 35.5. The number of carbonyl (C=O) groups is 2. The van der Waals surface area contributed by atoms with Crippen molar-refractivity contribution < 1.29 is 18.0 Å². The topological polar surface area (TPSA) is 86.8 Å². The minimum atomic E-state index is -4.14. The molecule has 1 saturated carbocycles. The van der Waals surface area contributed by atoms with Crippen LogP contribution in [0.5, 0.6) is 0 Å². The number of hydrogen-bond acceptors (Lipinski definition) is 4. The first-order chi connectivity index (χ1) is 21.7. The van der Waals surface area contributed by atoms with Crippen LogP contribution in [0.3, 0.4) is 0 Å². The van der Waals surface area contributed by atoms with E-state index < -0.39 is 28.5 Å². The Labute approximate surface area is 270 Å². The molecule has 4 aromatic rings. The highest BCUT2D eigenvalue weighted by molar-refractivity contribution is 7.92. The van der Waals surface area contributed by atoms with E-state index in [1.54, 1.807) is 48.5 Å². The zero-order chi connectivity index (χ0) is 31.8. The van der Waals surface area contributed by atoms with Crippen molar-refractivity contribution >= 4 is 39.1 Å². The molecule has 2 amide bonds. The molecule has 4 aromatic carbocycles. The Kier molecular flexibility index (Phi) is 10.6. The molecule has 0 bridgehead atoms. The van der Waals surface area contributed by atoms with Gasteiger partial charge in [0.15, 0.2) is 0 Å². The Morgan fingerprint density at radius 2 is 1.47 bits per heavy atom. The lowest BCUT2D eigenvalue weighted by atomic mass is 10.0. The SMILES string of the molecule is Cc1ccccc1N(CC(=O)N(Cc1cccc(Cl)c1)[C@@H](Cc1ccccc1)C(=O)NC1CCCC1)S(=O)(=O)c1ccccc1. The number of para-hydroxylation sites is 1. The Bertz CT molecular complexity index is 1710. The van der Waals surface area contributed by atoms with Gasteiger partial charge in [-0.1, -0.05) is 103 Å². The van der Waals surface area contributed by atoms with Crippen LogP contribution < -0.4 is 9.62 Å². The molecule has 1 aliphatic carbocycles. The first kappa shape index (κ1) is 32.3. The summed E-state index contributed by atoms with van der Waals surface area (Å²) in [5.74, 6) is -0.755. The predicted molar refractivity (Wildman–Crippen MR) is 178 cm³/mol. The van der Waals surface area contributed by atoms with Gasteiger partial charge in [0.25, 0.3) is 10.0 Å². The van der Waals surface area contributed by atoms with Crippen LogP contribution in [0, 0.1) is 6.92 Å². The normalized spacial score (nSPS) is 14.1. The average Bonchev–Trinajstić information content (AvgIpc) is 3.56. The second-order valence-electron chi connectivity index (χ2n) is 11.5. The maximum absolute atomic E-state index is 14.6. The van der Waals surface area contributed by atoms with Gasteiger partial charge in [0, 0.05) is 24.0 Å². The maximum atomic E-state index is 14.6. The molecular weight excluding hydrogens is 606 g/mol. The van der Waals surface area contributed by atoms with Crippen LogP contribution in [0.1, 0.15) is 42.4 Å². The number of anilines is 1. The summed E-state index contributed by atoms with van der Waals surface area (Å²) in [6.07, 6.45) is 4.14. The van der Waals surface area contributed by atoms with E-state index in [9.17, 15) is 18.0 Å². The van der Waals surface area contributed by atoms with Gasteiger partial charge in [-0.05, 0) is 66.8 Å². The van der Waals surface area contributed by atoms with Crippen LogP contribution in [-0.2, 0) is 32.6 Å². The van der Waals surface area contributed by atoms with Crippen LogP contribution in [0.15, 0.2) is 114 Å². The number of aryl methyl sites for hydroxylation is 1. The van der Waals surface area contributed by atoms with Crippen molar-refractivity contribution in [2.24, 2.45) is 0 Å². The first-order valence-electron chi connectivity index (χ1n) is 15.2. The summed E-state index contributed by atoms with van der Waals surface area (Å²) in [6.45, 7) is 1.39. The third-order valence-electron chi connectivity index (χ3n) is 8.21. The summed E-state index contributed by atoms with van der Waals surface area (Å²) in [5, 5.41) is 3.69. The molecule has 0 aromatic heterocycles. The zero-order valence-corrected chi connectivity index (χ0v) is 26.9. The quantitative estimate of drug-likeness (QED) is 0.190. The molecule has 9 heteroatoms. The Morgan fingerprint density at radius 1 is 0.844 bits per heavy atom. The van der Waals surface area contributed by atoms with E-state index in [1.807, 2.05) is 55.5 Å². The lowest BCUT2D eigenvalue weighted by Crippen LogP contribution is -2.54. The molecule has 1 aliphatic rings. The number of amides is 2. The van der Waals surface area contributed by atoms with Crippen LogP contribution >= 0.6 is 11.6 Å². The van der Waals surface area contributed by atoms with Gasteiger partial charge in [-0.15, -0.1) is 0 Å². The molecular formula is C36H38ClN3O4S. The molecule has 0 heterocycles. The van der Waals surface area contributed by atoms with Crippen molar-refractivity contribution in [3.63, 3.8) is 0 Å². The van der Waals surface area contributed by atoms with Crippen LogP contribution in [-0.4, -0.2) is 43.8 Å². The van der Waals surface area contributed by atoms with E-state index in [4.69, 9.17) is 11.6 Å². The van der Waals surface area contributed by atoms with Crippen molar-refractivity contribution in [1.29, 1.82) is 0 Å². The van der Waals surface area contributed by atoms with Gasteiger partial charge in [-0.3, -0.25) is 13.9 Å². The highest BCUT2D eigenvalue weighted by Crippen LogP contribution is 2.28. The summed E-state index contributed by atoms with van der Waals surface area (Å²) in [7, 11) is -4.14. The van der Waals surface area contributed by atoms with Gasteiger partial charge < -0.3 is 10.2 Å². The minimum absolute atomic E-state index is 0.0424. The van der Waals surface area contributed by atoms with E-state index in [2.05, 4.69) is 5.32 Å². The second-order valence-corrected chi connectivity index (χ2v) is 13.8.